The van der Waals surface area contributed by atoms with Crippen LogP contribution in [0.15, 0.2) is 59.6 Å². The molecule has 2 aromatic carbocycles. The monoisotopic (exact) mass is 326 g/mol. The topological polar surface area (TPSA) is 62.9 Å². The van der Waals surface area contributed by atoms with E-state index in [2.05, 4.69) is 29.1 Å². The fraction of sp³-hybridized carbons (Fsp3) is 0.316. The first-order chi connectivity index (χ1) is 11.4. The van der Waals surface area contributed by atoms with Gasteiger partial charge in [-0.25, -0.2) is 0 Å². The summed E-state index contributed by atoms with van der Waals surface area (Å²) in [7, 11) is 4.06. The number of nitrogens with one attached hydrogen (secondary N) is 1. The first-order valence-electron chi connectivity index (χ1n) is 7.94. The van der Waals surface area contributed by atoms with Gasteiger partial charge in [0.15, 0.2) is 5.96 Å². The zero-order valence-electron chi connectivity index (χ0n) is 14.8. The van der Waals surface area contributed by atoms with Gasteiger partial charge in [-0.3, -0.25) is 4.99 Å². The molecule has 0 saturated heterocycles. The summed E-state index contributed by atoms with van der Waals surface area (Å²) in [6.07, 6.45) is 0. The van der Waals surface area contributed by atoms with E-state index in [1.807, 2.05) is 68.7 Å². The predicted molar refractivity (Wildman–Crippen MR) is 101 cm³/mol. The lowest BCUT2D eigenvalue weighted by Gasteiger charge is -2.30. The van der Waals surface area contributed by atoms with Gasteiger partial charge in [0, 0.05) is 17.3 Å². The standard InChI is InChI=1S/C19H26N4O/c1-19(2,23(3)4)14-21-18(20)22-15-9-8-12-17(13-15)24-16-10-6-5-7-11-16/h5-13H,14H2,1-4H3,(H3,20,21,22). The molecule has 0 saturated carbocycles. The molecule has 24 heavy (non-hydrogen) atoms. The Balaban J connectivity index is 2.01. The maximum Gasteiger partial charge on any atom is 0.193 e. The molecular weight excluding hydrogens is 300 g/mol. The Labute approximate surface area is 144 Å². The molecule has 5 heteroatoms. The molecule has 0 aliphatic carbocycles. The van der Waals surface area contributed by atoms with Gasteiger partial charge in [-0.2, -0.15) is 0 Å². The SMILES string of the molecule is CN(C)C(C)(C)CN=C(N)Nc1cccc(Oc2ccccc2)c1. The zero-order chi connectivity index (χ0) is 17.6. The van der Waals surface area contributed by atoms with Crippen molar-refractivity contribution in [2.75, 3.05) is 26.0 Å². The molecule has 0 heterocycles. The van der Waals surface area contributed by atoms with Gasteiger partial charge in [-0.15, -0.1) is 0 Å². The Bertz CT molecular complexity index is 681. The number of nitrogens with two attached hydrogens (primary N) is 1. The van der Waals surface area contributed by atoms with Crippen molar-refractivity contribution in [2.24, 2.45) is 10.7 Å². The molecule has 0 radical (unpaired) electrons. The van der Waals surface area contributed by atoms with Crippen molar-refractivity contribution in [3.63, 3.8) is 0 Å². The minimum absolute atomic E-state index is 0.0510. The highest BCUT2D eigenvalue weighted by Gasteiger charge is 2.19. The fourth-order valence-electron chi connectivity index (χ4n) is 1.87. The highest BCUT2D eigenvalue weighted by molar-refractivity contribution is 5.92. The second-order valence-electron chi connectivity index (χ2n) is 6.48. The molecule has 5 nitrogen and oxygen atoms in total. The number of benzene rings is 2. The first kappa shape index (κ1) is 17.8. The summed E-state index contributed by atoms with van der Waals surface area (Å²) in [5.74, 6) is 1.93. The van der Waals surface area contributed by atoms with Crippen molar-refractivity contribution < 1.29 is 4.74 Å². The van der Waals surface area contributed by atoms with Crippen LogP contribution in [0.5, 0.6) is 11.5 Å². The Morgan fingerprint density at radius 3 is 2.42 bits per heavy atom. The molecule has 2 aromatic rings. The van der Waals surface area contributed by atoms with Crippen LogP contribution in [0.3, 0.4) is 0 Å². The lowest BCUT2D eigenvalue weighted by Crippen LogP contribution is -2.41. The van der Waals surface area contributed by atoms with Crippen LogP contribution in [0.1, 0.15) is 13.8 Å². The number of guanidine groups is 1. The van der Waals surface area contributed by atoms with Crippen molar-refractivity contribution >= 4 is 11.6 Å². The second-order valence-corrected chi connectivity index (χ2v) is 6.48. The molecule has 0 aliphatic rings. The molecule has 0 amide bonds. The first-order valence-corrected chi connectivity index (χ1v) is 7.94. The van der Waals surface area contributed by atoms with E-state index < -0.39 is 0 Å². The van der Waals surface area contributed by atoms with Crippen molar-refractivity contribution in [3.05, 3.63) is 54.6 Å². The van der Waals surface area contributed by atoms with E-state index in [0.29, 0.717) is 12.5 Å². The summed E-state index contributed by atoms with van der Waals surface area (Å²) in [5.41, 5.74) is 6.78. The van der Waals surface area contributed by atoms with Gasteiger partial charge in [0.1, 0.15) is 11.5 Å². The number of hydrogen-bond acceptors (Lipinski definition) is 3. The fourth-order valence-corrected chi connectivity index (χ4v) is 1.87. The molecular formula is C19H26N4O. The van der Waals surface area contributed by atoms with E-state index in [0.717, 1.165) is 17.2 Å². The van der Waals surface area contributed by atoms with Crippen molar-refractivity contribution in [1.29, 1.82) is 0 Å². The van der Waals surface area contributed by atoms with Crippen molar-refractivity contribution in [1.82, 2.24) is 4.90 Å². The third kappa shape index (κ3) is 5.28. The number of aliphatic imine (C=N–C) groups is 1. The molecule has 0 aliphatic heterocycles. The van der Waals surface area contributed by atoms with E-state index in [1.54, 1.807) is 0 Å². The molecule has 128 valence electrons. The normalized spacial score (nSPS) is 12.3. The summed E-state index contributed by atoms with van der Waals surface area (Å²) in [5, 5.41) is 3.11. The summed E-state index contributed by atoms with van der Waals surface area (Å²) >= 11 is 0. The number of anilines is 1. The summed E-state index contributed by atoms with van der Waals surface area (Å²) in [6.45, 7) is 4.86. The van der Waals surface area contributed by atoms with Crippen LogP contribution in [0.25, 0.3) is 0 Å². The quantitative estimate of drug-likeness (QED) is 0.629. The average Bonchev–Trinajstić information content (AvgIpc) is 2.54. The van der Waals surface area contributed by atoms with Crippen LogP contribution in [0, 0.1) is 0 Å². The Hall–Kier alpha value is -2.53. The molecule has 0 spiro atoms. The Kier molecular flexibility index (Phi) is 5.82. The van der Waals surface area contributed by atoms with Crippen molar-refractivity contribution in [3.8, 4) is 11.5 Å². The molecule has 0 fully saturated rings. The minimum atomic E-state index is -0.0510. The van der Waals surface area contributed by atoms with Crippen LogP contribution in [0.4, 0.5) is 5.69 Å². The molecule has 0 unspecified atom stereocenters. The Morgan fingerprint density at radius 1 is 1.08 bits per heavy atom. The third-order valence-corrected chi connectivity index (χ3v) is 3.93. The number of likely N-dealkylation sites (N-methyl/N-ethyl adjacent to an activating group) is 1. The molecule has 0 bridgehead atoms. The van der Waals surface area contributed by atoms with E-state index in [9.17, 15) is 0 Å². The highest BCUT2D eigenvalue weighted by atomic mass is 16.5. The molecule has 0 aromatic heterocycles. The van der Waals surface area contributed by atoms with Crippen LogP contribution in [0.2, 0.25) is 0 Å². The average molecular weight is 326 g/mol. The molecule has 0 atom stereocenters. The van der Waals surface area contributed by atoms with Crippen LogP contribution < -0.4 is 15.8 Å². The van der Waals surface area contributed by atoms with Crippen LogP contribution in [-0.4, -0.2) is 37.0 Å². The highest BCUT2D eigenvalue weighted by Crippen LogP contribution is 2.23. The van der Waals surface area contributed by atoms with E-state index in [4.69, 9.17) is 10.5 Å². The van der Waals surface area contributed by atoms with Crippen molar-refractivity contribution in [2.45, 2.75) is 19.4 Å². The van der Waals surface area contributed by atoms with Gasteiger partial charge in [0.2, 0.25) is 0 Å². The third-order valence-electron chi connectivity index (χ3n) is 3.93. The number of rotatable bonds is 6. The van der Waals surface area contributed by atoms with Gasteiger partial charge in [-0.1, -0.05) is 24.3 Å². The van der Waals surface area contributed by atoms with E-state index in [-0.39, 0.29) is 5.54 Å². The van der Waals surface area contributed by atoms with Gasteiger partial charge >= 0.3 is 0 Å². The summed E-state index contributed by atoms with van der Waals surface area (Å²) in [6, 6.07) is 17.3. The number of hydrogen-bond donors (Lipinski definition) is 2. The smallest absolute Gasteiger partial charge is 0.193 e. The van der Waals surface area contributed by atoms with Gasteiger partial charge in [0.25, 0.3) is 0 Å². The second kappa shape index (κ2) is 7.84. The number of para-hydroxylation sites is 1. The van der Waals surface area contributed by atoms with Crippen LogP contribution in [-0.2, 0) is 0 Å². The maximum absolute atomic E-state index is 6.00. The van der Waals surface area contributed by atoms with Crippen LogP contribution >= 0.6 is 0 Å². The maximum atomic E-state index is 6.00. The minimum Gasteiger partial charge on any atom is -0.457 e. The number of ether oxygens (including phenoxy) is 1. The molecule has 3 N–H and O–H groups in total. The molecule has 2 rings (SSSR count). The predicted octanol–water partition coefficient (Wildman–Crippen LogP) is 3.55. The lowest BCUT2D eigenvalue weighted by molar-refractivity contribution is 0.205. The summed E-state index contributed by atoms with van der Waals surface area (Å²) < 4.78 is 5.82. The zero-order valence-corrected chi connectivity index (χ0v) is 14.8. The summed E-state index contributed by atoms with van der Waals surface area (Å²) in [4.78, 5) is 6.55. The van der Waals surface area contributed by atoms with E-state index in [1.165, 1.54) is 0 Å². The van der Waals surface area contributed by atoms with Gasteiger partial charge < -0.3 is 20.7 Å². The lowest BCUT2D eigenvalue weighted by atomic mass is 10.1. The van der Waals surface area contributed by atoms with E-state index >= 15 is 0 Å². The largest absolute Gasteiger partial charge is 0.457 e. The van der Waals surface area contributed by atoms with Gasteiger partial charge in [-0.05, 0) is 52.2 Å². The van der Waals surface area contributed by atoms with Gasteiger partial charge in [0.05, 0.1) is 6.54 Å². The Morgan fingerprint density at radius 2 is 1.75 bits per heavy atom. The number of nitrogens with zero attached hydrogens (tertiary/aromatic N) is 2.